The summed E-state index contributed by atoms with van der Waals surface area (Å²) in [6.45, 7) is 0. The van der Waals surface area contributed by atoms with E-state index in [2.05, 4.69) is 4.98 Å². The van der Waals surface area contributed by atoms with Crippen molar-refractivity contribution in [3.05, 3.63) is 35.0 Å². The number of rotatable bonds is 2. The van der Waals surface area contributed by atoms with Gasteiger partial charge in [0.2, 0.25) is 0 Å². The minimum Gasteiger partial charge on any atom is -0.494 e. The number of aldehydes is 1. The number of nitrogens with zero attached hydrogens (tertiary/aromatic N) is 1. The van der Waals surface area contributed by atoms with Crippen LogP contribution in [0.1, 0.15) is 10.5 Å². The van der Waals surface area contributed by atoms with Crippen LogP contribution in [-0.4, -0.2) is 18.4 Å². The summed E-state index contributed by atoms with van der Waals surface area (Å²) in [7, 11) is 1.55. The highest BCUT2D eigenvalue weighted by molar-refractivity contribution is 6.35. The molecule has 0 saturated heterocycles. The van der Waals surface area contributed by atoms with E-state index in [0.717, 1.165) is 5.39 Å². The Balaban J connectivity index is 2.82. The van der Waals surface area contributed by atoms with E-state index in [9.17, 15) is 4.79 Å². The van der Waals surface area contributed by atoms with Crippen molar-refractivity contribution in [2.24, 2.45) is 0 Å². The molecule has 2 aromatic rings. The highest BCUT2D eigenvalue weighted by atomic mass is 35.5. The average molecular weight is 222 g/mol. The van der Waals surface area contributed by atoms with E-state index in [0.29, 0.717) is 28.3 Å². The fourth-order valence-corrected chi connectivity index (χ4v) is 1.62. The Labute approximate surface area is 91.6 Å². The van der Waals surface area contributed by atoms with Crippen LogP contribution in [0.25, 0.3) is 10.9 Å². The first-order chi connectivity index (χ1) is 7.26. The number of fused-ring (bicyclic) bond motifs is 1. The predicted octanol–water partition coefficient (Wildman–Crippen LogP) is 2.71. The first-order valence-electron chi connectivity index (χ1n) is 4.34. The summed E-state index contributed by atoms with van der Waals surface area (Å²) >= 11 is 6.00. The van der Waals surface area contributed by atoms with Crippen molar-refractivity contribution >= 4 is 28.8 Å². The average Bonchev–Trinajstić information content (AvgIpc) is 2.29. The van der Waals surface area contributed by atoms with E-state index >= 15 is 0 Å². The summed E-state index contributed by atoms with van der Waals surface area (Å²) in [6.07, 6.45) is 0.694. The summed E-state index contributed by atoms with van der Waals surface area (Å²) < 4.78 is 5.14. The summed E-state index contributed by atoms with van der Waals surface area (Å²) in [5, 5.41) is 1.37. The van der Waals surface area contributed by atoms with Crippen molar-refractivity contribution in [3.63, 3.8) is 0 Å². The van der Waals surface area contributed by atoms with Crippen molar-refractivity contribution in [2.75, 3.05) is 7.11 Å². The number of aromatic nitrogens is 1. The molecule has 0 bridgehead atoms. The van der Waals surface area contributed by atoms with Crippen LogP contribution in [0.2, 0.25) is 5.02 Å². The molecule has 76 valence electrons. The van der Waals surface area contributed by atoms with Gasteiger partial charge in [0.15, 0.2) is 6.29 Å². The molecule has 0 amide bonds. The number of carbonyl (C=O) groups excluding carboxylic acids is 1. The van der Waals surface area contributed by atoms with Gasteiger partial charge >= 0.3 is 0 Å². The lowest BCUT2D eigenvalue weighted by molar-refractivity contribution is 0.111. The zero-order valence-electron chi connectivity index (χ0n) is 8.03. The lowest BCUT2D eigenvalue weighted by Crippen LogP contribution is -1.92. The fourth-order valence-electron chi connectivity index (χ4n) is 1.40. The molecule has 0 spiro atoms. The van der Waals surface area contributed by atoms with Crippen molar-refractivity contribution in [3.8, 4) is 5.75 Å². The minimum atomic E-state index is 0.364. The van der Waals surface area contributed by atoms with Crippen LogP contribution >= 0.6 is 11.6 Å². The molecule has 1 aromatic heterocycles. The summed E-state index contributed by atoms with van der Waals surface area (Å²) in [5.41, 5.74) is 0.970. The van der Waals surface area contributed by atoms with Gasteiger partial charge in [-0.2, -0.15) is 0 Å². The third-order valence-corrected chi connectivity index (χ3v) is 2.46. The van der Waals surface area contributed by atoms with Gasteiger partial charge < -0.3 is 4.74 Å². The standard InChI is InChI=1S/C11H8ClNO2/c1-15-10-5-4-9(12)8-3-2-7(6-14)13-11(8)10/h2-6H,1H3. The second kappa shape index (κ2) is 3.87. The van der Waals surface area contributed by atoms with Gasteiger partial charge in [0.25, 0.3) is 0 Å². The second-order valence-electron chi connectivity index (χ2n) is 3.00. The predicted molar refractivity (Wildman–Crippen MR) is 58.7 cm³/mol. The molecule has 0 unspecified atom stereocenters. The van der Waals surface area contributed by atoms with Crippen LogP contribution in [0.5, 0.6) is 5.75 Å². The van der Waals surface area contributed by atoms with Gasteiger partial charge in [-0.1, -0.05) is 11.6 Å². The molecule has 0 aliphatic rings. The number of carbonyl (C=O) groups is 1. The van der Waals surface area contributed by atoms with Crippen LogP contribution < -0.4 is 4.74 Å². The smallest absolute Gasteiger partial charge is 0.168 e. The monoisotopic (exact) mass is 221 g/mol. The molecule has 0 aliphatic carbocycles. The molecule has 0 fully saturated rings. The van der Waals surface area contributed by atoms with Crippen LogP contribution in [0.4, 0.5) is 0 Å². The molecule has 1 aromatic carbocycles. The normalized spacial score (nSPS) is 10.3. The van der Waals surface area contributed by atoms with E-state index in [1.807, 2.05) is 0 Å². The maximum Gasteiger partial charge on any atom is 0.168 e. The molecule has 3 nitrogen and oxygen atoms in total. The molecule has 1 heterocycles. The molecule has 0 N–H and O–H groups in total. The van der Waals surface area contributed by atoms with E-state index in [-0.39, 0.29) is 0 Å². The molecule has 15 heavy (non-hydrogen) atoms. The Morgan fingerprint density at radius 3 is 2.80 bits per heavy atom. The van der Waals surface area contributed by atoms with E-state index < -0.39 is 0 Å². The maximum absolute atomic E-state index is 10.6. The lowest BCUT2D eigenvalue weighted by atomic mass is 10.2. The molecule has 0 atom stereocenters. The first kappa shape index (κ1) is 9.93. The Hall–Kier alpha value is -1.61. The first-order valence-corrected chi connectivity index (χ1v) is 4.72. The fraction of sp³-hybridized carbons (Fsp3) is 0.0909. The zero-order chi connectivity index (χ0) is 10.8. The summed E-state index contributed by atoms with van der Waals surface area (Å²) in [6, 6.07) is 6.86. The van der Waals surface area contributed by atoms with Gasteiger partial charge in [0.1, 0.15) is 17.0 Å². The van der Waals surface area contributed by atoms with Crippen molar-refractivity contribution in [1.82, 2.24) is 4.98 Å². The van der Waals surface area contributed by atoms with Crippen molar-refractivity contribution < 1.29 is 9.53 Å². The molecule has 2 rings (SSSR count). The maximum atomic E-state index is 10.6. The third-order valence-electron chi connectivity index (χ3n) is 2.13. The van der Waals surface area contributed by atoms with Gasteiger partial charge in [-0.3, -0.25) is 4.79 Å². The van der Waals surface area contributed by atoms with Crippen LogP contribution in [0.15, 0.2) is 24.3 Å². The topological polar surface area (TPSA) is 39.2 Å². The number of hydrogen-bond donors (Lipinski definition) is 0. The van der Waals surface area contributed by atoms with Crippen molar-refractivity contribution in [1.29, 1.82) is 0 Å². The lowest BCUT2D eigenvalue weighted by Gasteiger charge is -2.05. The largest absolute Gasteiger partial charge is 0.494 e. The Morgan fingerprint density at radius 2 is 2.13 bits per heavy atom. The Kier molecular flexibility index (Phi) is 2.56. The van der Waals surface area contributed by atoms with E-state index in [1.54, 1.807) is 31.4 Å². The van der Waals surface area contributed by atoms with Gasteiger partial charge in [0, 0.05) is 5.39 Å². The third kappa shape index (κ3) is 1.66. The number of methoxy groups -OCH3 is 1. The number of hydrogen-bond acceptors (Lipinski definition) is 3. The van der Waals surface area contributed by atoms with E-state index in [1.165, 1.54) is 0 Å². The Bertz CT molecular complexity index is 525. The van der Waals surface area contributed by atoms with Gasteiger partial charge in [0.05, 0.1) is 12.1 Å². The second-order valence-corrected chi connectivity index (χ2v) is 3.41. The SMILES string of the molecule is COc1ccc(Cl)c2ccc(C=O)nc12. The highest BCUT2D eigenvalue weighted by Crippen LogP contribution is 2.29. The summed E-state index contributed by atoms with van der Waals surface area (Å²) in [4.78, 5) is 14.7. The molecular formula is C11H8ClNO2. The zero-order valence-corrected chi connectivity index (χ0v) is 8.78. The van der Waals surface area contributed by atoms with E-state index in [4.69, 9.17) is 16.3 Å². The molecule has 0 radical (unpaired) electrons. The number of halogens is 1. The van der Waals surface area contributed by atoms with Crippen molar-refractivity contribution in [2.45, 2.75) is 0 Å². The van der Waals surface area contributed by atoms with Crippen LogP contribution in [0.3, 0.4) is 0 Å². The molecule has 4 heteroatoms. The number of pyridine rings is 1. The quantitative estimate of drug-likeness (QED) is 0.732. The van der Waals surface area contributed by atoms with Gasteiger partial charge in [-0.05, 0) is 24.3 Å². The van der Waals surface area contributed by atoms with Crippen LogP contribution in [0, 0.1) is 0 Å². The van der Waals surface area contributed by atoms with Gasteiger partial charge in [-0.25, -0.2) is 4.98 Å². The number of benzene rings is 1. The van der Waals surface area contributed by atoms with Crippen LogP contribution in [-0.2, 0) is 0 Å². The van der Waals surface area contributed by atoms with Gasteiger partial charge in [-0.15, -0.1) is 0 Å². The molecule has 0 saturated carbocycles. The molecule has 0 aliphatic heterocycles. The number of ether oxygens (including phenoxy) is 1. The molecular weight excluding hydrogens is 214 g/mol. The Morgan fingerprint density at radius 1 is 1.33 bits per heavy atom. The minimum absolute atomic E-state index is 0.364. The summed E-state index contributed by atoms with van der Waals surface area (Å²) in [5.74, 6) is 0.609. The highest BCUT2D eigenvalue weighted by Gasteiger charge is 2.07.